The molecule has 4 aromatic rings. The van der Waals surface area contributed by atoms with Crippen molar-refractivity contribution in [1.82, 2.24) is 14.4 Å². The molecule has 2 heterocycles. The van der Waals surface area contributed by atoms with E-state index < -0.39 is 15.8 Å². The van der Waals surface area contributed by atoms with Crippen LogP contribution in [0.25, 0.3) is 17.0 Å². The molecule has 4 rings (SSSR count). The molecule has 0 amide bonds. The highest BCUT2D eigenvalue weighted by atomic mass is 32.2. The predicted octanol–water partition coefficient (Wildman–Crippen LogP) is 3.79. The summed E-state index contributed by atoms with van der Waals surface area (Å²) in [7, 11) is -3.71. The van der Waals surface area contributed by atoms with Crippen molar-refractivity contribution in [3.63, 3.8) is 0 Å². The molecule has 0 aliphatic carbocycles. The summed E-state index contributed by atoms with van der Waals surface area (Å²) in [5.41, 5.74) is 3.06. The fraction of sp³-hybridized carbons (Fsp3) is 0.100. The molecule has 28 heavy (non-hydrogen) atoms. The van der Waals surface area contributed by atoms with E-state index in [0.717, 1.165) is 11.1 Å². The number of imidazole rings is 1. The van der Waals surface area contributed by atoms with E-state index in [1.165, 1.54) is 18.2 Å². The van der Waals surface area contributed by atoms with Crippen LogP contribution in [0, 0.1) is 12.7 Å². The third kappa shape index (κ3) is 3.86. The molecule has 0 atom stereocenters. The minimum atomic E-state index is -3.71. The van der Waals surface area contributed by atoms with Crippen molar-refractivity contribution in [2.75, 3.05) is 4.72 Å². The van der Waals surface area contributed by atoms with E-state index >= 15 is 0 Å². The highest BCUT2D eigenvalue weighted by Crippen LogP contribution is 2.26. The minimum Gasteiger partial charge on any atom is -0.291 e. The van der Waals surface area contributed by atoms with Gasteiger partial charge in [0.2, 0.25) is 15.8 Å². The third-order valence-electron chi connectivity index (χ3n) is 4.28. The Balaban J connectivity index is 1.63. The predicted molar refractivity (Wildman–Crippen MR) is 106 cm³/mol. The smallest absolute Gasteiger partial charge is 0.236 e. The van der Waals surface area contributed by atoms with E-state index in [1.807, 2.05) is 31.5 Å². The van der Waals surface area contributed by atoms with Gasteiger partial charge < -0.3 is 0 Å². The van der Waals surface area contributed by atoms with Gasteiger partial charge in [-0.2, -0.15) is 0 Å². The highest BCUT2D eigenvalue weighted by molar-refractivity contribution is 7.91. The average Bonchev–Trinajstić information content (AvgIpc) is 3.07. The van der Waals surface area contributed by atoms with Gasteiger partial charge in [0.25, 0.3) is 0 Å². The van der Waals surface area contributed by atoms with E-state index in [1.54, 1.807) is 28.8 Å². The van der Waals surface area contributed by atoms with Crippen LogP contribution in [0.1, 0.15) is 11.1 Å². The number of anilines is 1. The van der Waals surface area contributed by atoms with Crippen molar-refractivity contribution in [1.29, 1.82) is 0 Å². The summed E-state index contributed by atoms with van der Waals surface area (Å²) in [6.07, 6.45) is 5.33. The molecule has 0 aliphatic heterocycles. The maximum Gasteiger partial charge on any atom is 0.236 e. The van der Waals surface area contributed by atoms with Gasteiger partial charge in [0.1, 0.15) is 5.82 Å². The van der Waals surface area contributed by atoms with Crippen LogP contribution in [0.5, 0.6) is 0 Å². The summed E-state index contributed by atoms with van der Waals surface area (Å²) in [5.74, 6) is -0.218. The molecular formula is C20H17FN4O2S. The number of hydrogen-bond donors (Lipinski definition) is 1. The SMILES string of the molecule is Cc1ccc(-c2cn3cccnc3n2)cc1NS(=O)(=O)Cc1cccc(F)c1. The van der Waals surface area contributed by atoms with Crippen LogP contribution in [0.3, 0.4) is 0 Å². The Labute approximate surface area is 161 Å². The zero-order chi connectivity index (χ0) is 19.7. The summed E-state index contributed by atoms with van der Waals surface area (Å²) in [6.45, 7) is 1.81. The fourth-order valence-electron chi connectivity index (χ4n) is 2.91. The van der Waals surface area contributed by atoms with Crippen molar-refractivity contribution < 1.29 is 12.8 Å². The summed E-state index contributed by atoms with van der Waals surface area (Å²) < 4.78 is 42.8. The zero-order valence-corrected chi connectivity index (χ0v) is 15.8. The molecule has 0 fully saturated rings. The van der Waals surface area contributed by atoms with Crippen molar-refractivity contribution >= 4 is 21.5 Å². The van der Waals surface area contributed by atoms with Crippen LogP contribution in [-0.2, 0) is 15.8 Å². The first-order chi connectivity index (χ1) is 13.4. The molecule has 0 aliphatic rings. The average molecular weight is 396 g/mol. The summed E-state index contributed by atoms with van der Waals surface area (Å²) >= 11 is 0. The monoisotopic (exact) mass is 396 g/mol. The maximum atomic E-state index is 13.3. The molecule has 1 N–H and O–H groups in total. The van der Waals surface area contributed by atoms with Crippen LogP contribution < -0.4 is 4.72 Å². The normalized spacial score (nSPS) is 11.6. The second kappa shape index (κ2) is 7.05. The number of hydrogen-bond acceptors (Lipinski definition) is 4. The summed E-state index contributed by atoms with van der Waals surface area (Å²) in [5, 5.41) is 0. The molecule has 0 unspecified atom stereocenters. The van der Waals surface area contributed by atoms with Gasteiger partial charge in [0, 0.05) is 24.2 Å². The summed E-state index contributed by atoms with van der Waals surface area (Å²) in [4.78, 5) is 8.65. The number of benzene rings is 2. The van der Waals surface area contributed by atoms with Gasteiger partial charge in [0.05, 0.1) is 17.1 Å². The molecule has 0 radical (unpaired) electrons. The standard InChI is InChI=1S/C20H17FN4O2S/c1-14-6-7-16(19-12-25-9-3-8-22-20(25)23-19)11-18(14)24-28(26,27)13-15-4-2-5-17(21)10-15/h2-12,24H,13H2,1H3. The van der Waals surface area contributed by atoms with Crippen molar-refractivity contribution in [3.05, 3.63) is 84.1 Å². The number of rotatable bonds is 5. The van der Waals surface area contributed by atoms with E-state index in [4.69, 9.17) is 0 Å². The first-order valence-electron chi connectivity index (χ1n) is 8.55. The molecule has 2 aromatic heterocycles. The maximum absolute atomic E-state index is 13.3. The van der Waals surface area contributed by atoms with Crippen molar-refractivity contribution in [2.24, 2.45) is 0 Å². The molecule has 0 spiro atoms. The first-order valence-corrected chi connectivity index (χ1v) is 10.2. The Bertz CT molecular complexity index is 1240. The molecule has 142 valence electrons. The number of nitrogens with zero attached hydrogens (tertiary/aromatic N) is 3. The lowest BCUT2D eigenvalue weighted by molar-refractivity contribution is 0.599. The molecule has 0 saturated carbocycles. The van der Waals surface area contributed by atoms with Gasteiger partial charge in [-0.05, 0) is 42.3 Å². The summed E-state index contributed by atoms with van der Waals surface area (Å²) in [6, 6.07) is 12.8. The number of aryl methyl sites for hydroxylation is 1. The Morgan fingerprint density at radius 2 is 2.00 bits per heavy atom. The minimum absolute atomic E-state index is 0.313. The zero-order valence-electron chi connectivity index (χ0n) is 15.0. The van der Waals surface area contributed by atoms with Gasteiger partial charge in [-0.1, -0.05) is 24.3 Å². The Morgan fingerprint density at radius 1 is 1.14 bits per heavy atom. The van der Waals surface area contributed by atoms with Gasteiger partial charge in [0.15, 0.2) is 0 Å². The van der Waals surface area contributed by atoms with Crippen LogP contribution in [0.15, 0.2) is 67.1 Å². The lowest BCUT2D eigenvalue weighted by Crippen LogP contribution is -2.16. The third-order valence-corrected chi connectivity index (χ3v) is 5.52. The van der Waals surface area contributed by atoms with Crippen molar-refractivity contribution in [3.8, 4) is 11.3 Å². The quantitative estimate of drug-likeness (QED) is 0.557. The lowest BCUT2D eigenvalue weighted by Gasteiger charge is -2.12. The second-order valence-electron chi connectivity index (χ2n) is 6.47. The van der Waals surface area contributed by atoms with Crippen LogP contribution in [0.4, 0.5) is 10.1 Å². The second-order valence-corrected chi connectivity index (χ2v) is 8.20. The Hall–Kier alpha value is -3.26. The number of sulfonamides is 1. The van der Waals surface area contributed by atoms with Crippen LogP contribution in [-0.4, -0.2) is 22.8 Å². The molecule has 0 bridgehead atoms. The van der Waals surface area contributed by atoms with E-state index in [-0.39, 0.29) is 5.75 Å². The molecule has 8 heteroatoms. The topological polar surface area (TPSA) is 76.4 Å². The van der Waals surface area contributed by atoms with Gasteiger partial charge in [-0.25, -0.2) is 22.8 Å². The number of halogens is 1. The van der Waals surface area contributed by atoms with E-state index in [9.17, 15) is 12.8 Å². The molecule has 6 nitrogen and oxygen atoms in total. The molecular weight excluding hydrogens is 379 g/mol. The fourth-order valence-corrected chi connectivity index (χ4v) is 4.16. The highest BCUT2D eigenvalue weighted by Gasteiger charge is 2.15. The Kier molecular flexibility index (Phi) is 4.56. The van der Waals surface area contributed by atoms with E-state index in [2.05, 4.69) is 14.7 Å². The van der Waals surface area contributed by atoms with E-state index in [0.29, 0.717) is 22.7 Å². The van der Waals surface area contributed by atoms with Gasteiger partial charge >= 0.3 is 0 Å². The van der Waals surface area contributed by atoms with Crippen molar-refractivity contribution in [2.45, 2.75) is 12.7 Å². The van der Waals surface area contributed by atoms with Crippen LogP contribution >= 0.6 is 0 Å². The number of aromatic nitrogens is 3. The first kappa shape index (κ1) is 18.1. The molecule has 2 aromatic carbocycles. The Morgan fingerprint density at radius 3 is 2.79 bits per heavy atom. The molecule has 0 saturated heterocycles. The number of fused-ring (bicyclic) bond motifs is 1. The number of nitrogens with one attached hydrogen (secondary N) is 1. The van der Waals surface area contributed by atoms with Gasteiger partial charge in [-0.15, -0.1) is 0 Å². The van der Waals surface area contributed by atoms with Crippen LogP contribution in [0.2, 0.25) is 0 Å². The lowest BCUT2D eigenvalue weighted by atomic mass is 10.1. The largest absolute Gasteiger partial charge is 0.291 e. The van der Waals surface area contributed by atoms with Gasteiger partial charge in [-0.3, -0.25) is 9.12 Å².